The average molecular weight is 486 g/mol. The molecule has 0 radical (unpaired) electrons. The normalized spacial score (nSPS) is 12.7. The molecule has 0 fully saturated rings. The molecule has 2 nitrogen and oxygen atoms in total. The predicted octanol–water partition coefficient (Wildman–Crippen LogP) is 6.82. The van der Waals surface area contributed by atoms with Gasteiger partial charge in [-0.25, -0.2) is 0 Å². The van der Waals surface area contributed by atoms with Gasteiger partial charge in [0.05, 0.1) is 0 Å². The maximum atomic E-state index is 7.01. The minimum Gasteiger partial charge on any atom is -0.321 e. The Morgan fingerprint density at radius 3 is 0.933 bits per heavy atom. The third kappa shape index (κ3) is 4.41. The van der Waals surface area contributed by atoms with Gasteiger partial charge < -0.3 is 11.5 Å². The molecule has 3 rings (SSSR count). The molecule has 0 heterocycles. The molecular weight excluding hydrogens is 458 g/mol. The topological polar surface area (TPSA) is 52.0 Å². The van der Waals surface area contributed by atoms with E-state index in [-0.39, 0.29) is 0 Å². The van der Waals surface area contributed by atoms with E-state index in [1.807, 2.05) is 24.3 Å². The summed E-state index contributed by atoms with van der Waals surface area (Å²) in [5.41, 5.74) is 14.9. The van der Waals surface area contributed by atoms with Crippen molar-refractivity contribution in [2.75, 3.05) is 23.5 Å². The molecule has 0 bridgehead atoms. The SMILES string of the molecule is NC(CCCl)(CCCl)c1c2ccccc2c(C(N)(CCCl)CCCl)c2ccccc12. The van der Waals surface area contributed by atoms with Gasteiger partial charge in [-0.15, -0.1) is 46.4 Å². The fourth-order valence-electron chi connectivity index (χ4n) is 4.63. The van der Waals surface area contributed by atoms with E-state index in [1.54, 1.807) is 0 Å². The summed E-state index contributed by atoms with van der Waals surface area (Å²) in [5, 5.41) is 4.34. The Balaban J connectivity index is 2.50. The van der Waals surface area contributed by atoms with E-state index in [9.17, 15) is 0 Å². The molecule has 0 spiro atoms. The molecule has 0 saturated carbocycles. The highest BCUT2D eigenvalue weighted by atomic mass is 35.5. The highest BCUT2D eigenvalue weighted by Crippen LogP contribution is 2.45. The van der Waals surface area contributed by atoms with Crippen LogP contribution in [0.2, 0.25) is 0 Å². The van der Waals surface area contributed by atoms with E-state index in [0.717, 1.165) is 32.7 Å². The zero-order chi connectivity index (χ0) is 21.8. The van der Waals surface area contributed by atoms with E-state index in [2.05, 4.69) is 24.3 Å². The Labute approximate surface area is 198 Å². The fourth-order valence-corrected chi connectivity index (χ4v) is 5.97. The van der Waals surface area contributed by atoms with E-state index < -0.39 is 11.1 Å². The second-order valence-electron chi connectivity index (χ2n) is 7.91. The maximum absolute atomic E-state index is 7.01. The summed E-state index contributed by atoms with van der Waals surface area (Å²) in [7, 11) is 0. The van der Waals surface area contributed by atoms with Crippen molar-refractivity contribution < 1.29 is 0 Å². The first kappa shape index (κ1) is 23.9. The van der Waals surface area contributed by atoms with Gasteiger partial charge in [-0.3, -0.25) is 0 Å². The van der Waals surface area contributed by atoms with Crippen molar-refractivity contribution in [3.05, 3.63) is 59.7 Å². The van der Waals surface area contributed by atoms with Crippen molar-refractivity contribution in [1.29, 1.82) is 0 Å². The van der Waals surface area contributed by atoms with Crippen LogP contribution in [0.5, 0.6) is 0 Å². The van der Waals surface area contributed by atoms with Crippen LogP contribution in [-0.2, 0) is 11.1 Å². The molecule has 30 heavy (non-hydrogen) atoms. The Hall–Kier alpha value is -0.740. The minimum absolute atomic E-state index is 0.455. The van der Waals surface area contributed by atoms with Gasteiger partial charge in [-0.05, 0) is 58.4 Å². The molecule has 0 atom stereocenters. The molecule has 0 aliphatic carbocycles. The summed E-state index contributed by atoms with van der Waals surface area (Å²) in [6, 6.07) is 16.6. The van der Waals surface area contributed by atoms with Crippen molar-refractivity contribution in [2.24, 2.45) is 11.5 Å². The maximum Gasteiger partial charge on any atom is 0.0444 e. The summed E-state index contributed by atoms with van der Waals surface area (Å²) in [6.07, 6.45) is 2.52. The van der Waals surface area contributed by atoms with E-state index in [0.29, 0.717) is 49.2 Å². The smallest absolute Gasteiger partial charge is 0.0444 e. The predicted molar refractivity (Wildman–Crippen MR) is 135 cm³/mol. The van der Waals surface area contributed by atoms with Gasteiger partial charge in [0.25, 0.3) is 0 Å². The van der Waals surface area contributed by atoms with Gasteiger partial charge >= 0.3 is 0 Å². The molecular formula is C24H28Cl4N2. The van der Waals surface area contributed by atoms with Gasteiger partial charge in [0.2, 0.25) is 0 Å². The van der Waals surface area contributed by atoms with Crippen molar-refractivity contribution in [2.45, 2.75) is 36.8 Å². The van der Waals surface area contributed by atoms with Crippen LogP contribution in [0.15, 0.2) is 48.5 Å². The highest BCUT2D eigenvalue weighted by molar-refractivity contribution is 6.19. The largest absolute Gasteiger partial charge is 0.321 e. The van der Waals surface area contributed by atoms with Crippen LogP contribution in [-0.4, -0.2) is 23.5 Å². The first-order valence-corrected chi connectivity index (χ1v) is 12.4. The lowest BCUT2D eigenvalue weighted by molar-refractivity contribution is 0.419. The lowest BCUT2D eigenvalue weighted by atomic mass is 9.74. The third-order valence-corrected chi connectivity index (χ3v) is 6.85. The number of hydrogen-bond donors (Lipinski definition) is 2. The fraction of sp³-hybridized carbons (Fsp3) is 0.417. The van der Waals surface area contributed by atoms with Crippen LogP contribution in [0, 0.1) is 0 Å². The van der Waals surface area contributed by atoms with Gasteiger partial charge in [0.15, 0.2) is 0 Å². The molecule has 0 aromatic heterocycles. The second kappa shape index (κ2) is 10.3. The summed E-state index contributed by atoms with van der Waals surface area (Å²) in [4.78, 5) is 0. The lowest BCUT2D eigenvalue weighted by Gasteiger charge is -2.36. The lowest BCUT2D eigenvalue weighted by Crippen LogP contribution is -2.40. The van der Waals surface area contributed by atoms with Crippen molar-refractivity contribution in [3.8, 4) is 0 Å². The van der Waals surface area contributed by atoms with Crippen molar-refractivity contribution >= 4 is 67.9 Å². The zero-order valence-corrected chi connectivity index (χ0v) is 20.0. The van der Waals surface area contributed by atoms with Gasteiger partial charge in [-0.1, -0.05) is 48.5 Å². The monoisotopic (exact) mass is 484 g/mol. The van der Waals surface area contributed by atoms with Crippen LogP contribution >= 0.6 is 46.4 Å². The molecule has 0 saturated heterocycles. The van der Waals surface area contributed by atoms with Crippen LogP contribution in [0.3, 0.4) is 0 Å². The zero-order valence-electron chi connectivity index (χ0n) is 16.9. The van der Waals surface area contributed by atoms with Gasteiger partial charge in [-0.2, -0.15) is 0 Å². The molecule has 0 unspecified atom stereocenters. The standard InChI is InChI=1S/C24H28Cl4N2/c25-13-9-23(29,10-14-26)21-17-5-1-2-6-18(17)22(20-8-4-3-7-19(20)21)24(30,11-15-27)12-16-28/h1-8H,9-16,29-30H2. The number of hydrogen-bond acceptors (Lipinski definition) is 2. The Bertz CT molecular complexity index is 856. The summed E-state index contributed by atoms with van der Waals surface area (Å²) >= 11 is 24.8. The number of fused-ring (bicyclic) bond motifs is 2. The van der Waals surface area contributed by atoms with Crippen LogP contribution in [0.4, 0.5) is 0 Å². The highest BCUT2D eigenvalue weighted by Gasteiger charge is 2.35. The molecule has 0 aliphatic rings. The van der Waals surface area contributed by atoms with Gasteiger partial charge in [0, 0.05) is 34.6 Å². The number of nitrogens with two attached hydrogens (primary N) is 2. The average Bonchev–Trinajstić information content (AvgIpc) is 2.72. The minimum atomic E-state index is -0.641. The quantitative estimate of drug-likeness (QED) is 0.244. The number of rotatable bonds is 10. The molecule has 0 amide bonds. The third-order valence-electron chi connectivity index (χ3n) is 6.09. The molecule has 4 N–H and O–H groups in total. The van der Waals surface area contributed by atoms with Crippen LogP contribution < -0.4 is 11.5 Å². The molecule has 3 aromatic rings. The van der Waals surface area contributed by atoms with E-state index in [4.69, 9.17) is 57.9 Å². The molecule has 3 aromatic carbocycles. The Kier molecular flexibility index (Phi) is 8.17. The first-order chi connectivity index (χ1) is 14.5. The molecule has 6 heteroatoms. The second-order valence-corrected chi connectivity index (χ2v) is 9.42. The van der Waals surface area contributed by atoms with Crippen LogP contribution in [0.1, 0.15) is 36.8 Å². The Morgan fingerprint density at radius 1 is 0.500 bits per heavy atom. The number of halogens is 4. The Morgan fingerprint density at radius 2 is 0.733 bits per heavy atom. The first-order valence-electron chi connectivity index (χ1n) is 10.2. The van der Waals surface area contributed by atoms with Crippen molar-refractivity contribution in [1.82, 2.24) is 0 Å². The summed E-state index contributed by atoms with van der Waals surface area (Å²) in [6.45, 7) is 0. The van der Waals surface area contributed by atoms with Crippen LogP contribution in [0.25, 0.3) is 21.5 Å². The van der Waals surface area contributed by atoms with Crippen molar-refractivity contribution in [3.63, 3.8) is 0 Å². The van der Waals surface area contributed by atoms with E-state index >= 15 is 0 Å². The summed E-state index contributed by atoms with van der Waals surface area (Å²) < 4.78 is 0. The van der Waals surface area contributed by atoms with Gasteiger partial charge in [0.1, 0.15) is 0 Å². The summed E-state index contributed by atoms with van der Waals surface area (Å²) in [5.74, 6) is 1.82. The molecule has 0 aliphatic heterocycles. The molecule has 162 valence electrons. The number of alkyl halides is 4. The number of benzene rings is 3. The van der Waals surface area contributed by atoms with E-state index in [1.165, 1.54) is 0 Å².